The molecule has 0 spiro atoms. The molecule has 3 aromatic carbocycles. The lowest BCUT2D eigenvalue weighted by atomic mass is 10.2. The van der Waals surface area contributed by atoms with Crippen molar-refractivity contribution >= 4 is 39.9 Å². The summed E-state index contributed by atoms with van der Waals surface area (Å²) in [5, 5.41) is 6.37. The van der Waals surface area contributed by atoms with Crippen LogP contribution in [0.5, 0.6) is 17.2 Å². The van der Waals surface area contributed by atoms with Gasteiger partial charge in [-0.25, -0.2) is 10.2 Å². The first kappa shape index (κ1) is 25.4. The molecule has 35 heavy (non-hydrogen) atoms. The number of nitrogens with one attached hydrogen (secondary N) is 2. The maximum absolute atomic E-state index is 12.3. The Morgan fingerprint density at radius 2 is 1.66 bits per heavy atom. The number of benzene rings is 3. The zero-order chi connectivity index (χ0) is 25.2. The van der Waals surface area contributed by atoms with E-state index in [1.165, 1.54) is 26.5 Å². The minimum atomic E-state index is -0.505. The number of amides is 2. The molecular formula is C25H22BrN3O6. The van der Waals surface area contributed by atoms with Gasteiger partial charge in [-0.05, 0) is 76.1 Å². The molecule has 0 bridgehead atoms. The highest BCUT2D eigenvalue weighted by Gasteiger charge is 2.13. The number of halogens is 1. The van der Waals surface area contributed by atoms with E-state index in [9.17, 15) is 14.4 Å². The maximum atomic E-state index is 12.3. The van der Waals surface area contributed by atoms with E-state index in [0.29, 0.717) is 38.4 Å². The number of hydrogen-bond donors (Lipinski definition) is 2. The van der Waals surface area contributed by atoms with E-state index < -0.39 is 17.8 Å². The smallest absolute Gasteiger partial charge is 0.344 e. The Bertz CT molecular complexity index is 1240. The van der Waals surface area contributed by atoms with Gasteiger partial charge in [0.15, 0.2) is 11.5 Å². The molecule has 0 aliphatic rings. The first-order valence-corrected chi connectivity index (χ1v) is 11.1. The van der Waals surface area contributed by atoms with Gasteiger partial charge in [-0.1, -0.05) is 12.1 Å². The van der Waals surface area contributed by atoms with E-state index in [2.05, 4.69) is 31.8 Å². The standard InChI is InChI=1S/C25H22BrN3O6/c1-33-21-12-9-17(13-22(21)34-2)24(31)27-15-23(30)29-28-14-16-7-10-18(11-8-16)35-25(32)19-5-3-4-6-20(19)26/h3-14H,15H2,1-2H3,(H,27,31)(H,29,30). The van der Waals surface area contributed by atoms with Gasteiger partial charge < -0.3 is 19.5 Å². The number of methoxy groups -OCH3 is 2. The Morgan fingerprint density at radius 3 is 2.34 bits per heavy atom. The molecule has 10 heteroatoms. The summed E-state index contributed by atoms with van der Waals surface area (Å²) in [7, 11) is 2.96. The second-order valence-electron chi connectivity index (χ2n) is 6.98. The summed E-state index contributed by atoms with van der Waals surface area (Å²) < 4.78 is 16.3. The van der Waals surface area contributed by atoms with Crippen LogP contribution in [0.15, 0.2) is 76.3 Å². The van der Waals surface area contributed by atoms with Crippen molar-refractivity contribution in [2.45, 2.75) is 0 Å². The van der Waals surface area contributed by atoms with Crippen molar-refractivity contribution in [1.29, 1.82) is 0 Å². The van der Waals surface area contributed by atoms with Crippen molar-refractivity contribution in [2.24, 2.45) is 5.10 Å². The molecule has 2 amide bonds. The van der Waals surface area contributed by atoms with Crippen molar-refractivity contribution in [1.82, 2.24) is 10.7 Å². The van der Waals surface area contributed by atoms with E-state index in [1.807, 2.05) is 0 Å². The summed E-state index contributed by atoms with van der Waals surface area (Å²) in [6, 6.07) is 18.2. The molecule has 0 aliphatic carbocycles. The molecule has 3 rings (SSSR count). The van der Waals surface area contributed by atoms with Crippen LogP contribution in [0.1, 0.15) is 26.3 Å². The summed E-state index contributed by atoms with van der Waals surface area (Å²) in [5.41, 5.74) is 3.74. The number of hydrogen-bond acceptors (Lipinski definition) is 7. The minimum Gasteiger partial charge on any atom is -0.493 e. The molecule has 2 N–H and O–H groups in total. The molecule has 3 aromatic rings. The fraction of sp³-hybridized carbons (Fsp3) is 0.120. The van der Waals surface area contributed by atoms with Crippen LogP contribution < -0.4 is 25.0 Å². The summed E-state index contributed by atoms with van der Waals surface area (Å²) in [6.45, 7) is -0.269. The topological polar surface area (TPSA) is 115 Å². The first-order valence-electron chi connectivity index (χ1n) is 10.3. The summed E-state index contributed by atoms with van der Waals surface area (Å²) in [5.74, 6) is -0.174. The third-order valence-corrected chi connectivity index (χ3v) is 5.33. The van der Waals surface area contributed by atoms with Gasteiger partial charge in [-0.15, -0.1) is 0 Å². The van der Waals surface area contributed by atoms with Crippen LogP contribution in [0.2, 0.25) is 0 Å². The molecule has 0 fully saturated rings. The van der Waals surface area contributed by atoms with Crippen LogP contribution >= 0.6 is 15.9 Å². The van der Waals surface area contributed by atoms with Crippen LogP contribution in [0.3, 0.4) is 0 Å². The number of nitrogens with zero attached hydrogens (tertiary/aromatic N) is 1. The Morgan fingerprint density at radius 1 is 0.943 bits per heavy atom. The molecule has 180 valence electrons. The Hall–Kier alpha value is -4.18. The summed E-state index contributed by atoms with van der Waals surface area (Å²) >= 11 is 3.32. The molecule has 0 heterocycles. The Balaban J connectivity index is 1.47. The highest BCUT2D eigenvalue weighted by Crippen LogP contribution is 2.27. The molecule has 0 saturated heterocycles. The Labute approximate surface area is 210 Å². The number of ether oxygens (including phenoxy) is 3. The molecular weight excluding hydrogens is 518 g/mol. The van der Waals surface area contributed by atoms with E-state index in [1.54, 1.807) is 60.7 Å². The zero-order valence-corrected chi connectivity index (χ0v) is 20.5. The third kappa shape index (κ3) is 7.15. The van der Waals surface area contributed by atoms with Crippen LogP contribution in [-0.4, -0.2) is 44.8 Å². The van der Waals surface area contributed by atoms with Crippen molar-refractivity contribution < 1.29 is 28.6 Å². The van der Waals surface area contributed by atoms with Gasteiger partial charge in [-0.3, -0.25) is 9.59 Å². The second-order valence-corrected chi connectivity index (χ2v) is 7.84. The van der Waals surface area contributed by atoms with Gasteiger partial charge >= 0.3 is 5.97 Å². The lowest BCUT2D eigenvalue weighted by molar-refractivity contribution is -0.120. The number of hydrazone groups is 1. The maximum Gasteiger partial charge on any atom is 0.344 e. The fourth-order valence-corrected chi connectivity index (χ4v) is 3.32. The Kier molecular flexibility index (Phi) is 8.96. The number of rotatable bonds is 9. The van der Waals surface area contributed by atoms with E-state index in [4.69, 9.17) is 14.2 Å². The number of carbonyl (C=O) groups excluding carboxylic acids is 3. The van der Waals surface area contributed by atoms with Gasteiger partial charge in [-0.2, -0.15) is 5.10 Å². The van der Waals surface area contributed by atoms with Crippen molar-refractivity contribution in [3.8, 4) is 17.2 Å². The van der Waals surface area contributed by atoms with Gasteiger partial charge in [0.1, 0.15) is 5.75 Å². The van der Waals surface area contributed by atoms with Gasteiger partial charge in [0.2, 0.25) is 0 Å². The lowest BCUT2D eigenvalue weighted by Gasteiger charge is -2.09. The van der Waals surface area contributed by atoms with Crippen LogP contribution in [0.25, 0.3) is 0 Å². The first-order chi connectivity index (χ1) is 16.9. The average molecular weight is 540 g/mol. The van der Waals surface area contributed by atoms with Gasteiger partial charge in [0, 0.05) is 10.0 Å². The summed E-state index contributed by atoms with van der Waals surface area (Å²) in [4.78, 5) is 36.5. The molecule has 9 nitrogen and oxygen atoms in total. The third-order valence-electron chi connectivity index (χ3n) is 4.64. The van der Waals surface area contributed by atoms with Gasteiger partial charge in [0.05, 0.1) is 32.5 Å². The van der Waals surface area contributed by atoms with Crippen molar-refractivity contribution in [3.63, 3.8) is 0 Å². The number of esters is 1. The molecule has 0 aromatic heterocycles. The predicted molar refractivity (Wildman–Crippen MR) is 133 cm³/mol. The zero-order valence-electron chi connectivity index (χ0n) is 18.9. The van der Waals surface area contributed by atoms with Crippen LogP contribution in [0.4, 0.5) is 0 Å². The monoisotopic (exact) mass is 539 g/mol. The van der Waals surface area contributed by atoms with E-state index in [0.717, 1.165) is 0 Å². The van der Waals surface area contributed by atoms with E-state index >= 15 is 0 Å². The van der Waals surface area contributed by atoms with Gasteiger partial charge in [0.25, 0.3) is 11.8 Å². The minimum absolute atomic E-state index is 0.269. The molecule has 0 unspecified atom stereocenters. The van der Waals surface area contributed by atoms with Crippen molar-refractivity contribution in [3.05, 3.63) is 87.9 Å². The predicted octanol–water partition coefficient (Wildman–Crippen LogP) is 3.57. The van der Waals surface area contributed by atoms with Crippen molar-refractivity contribution in [2.75, 3.05) is 20.8 Å². The normalized spacial score (nSPS) is 10.5. The average Bonchev–Trinajstić information content (AvgIpc) is 2.88. The van der Waals surface area contributed by atoms with Crippen LogP contribution in [0, 0.1) is 0 Å². The van der Waals surface area contributed by atoms with Crippen LogP contribution in [-0.2, 0) is 4.79 Å². The molecule has 0 radical (unpaired) electrons. The number of carbonyl (C=O) groups is 3. The van der Waals surface area contributed by atoms with E-state index in [-0.39, 0.29) is 6.54 Å². The quantitative estimate of drug-likeness (QED) is 0.186. The molecule has 0 atom stereocenters. The second kappa shape index (κ2) is 12.3. The highest BCUT2D eigenvalue weighted by molar-refractivity contribution is 9.10. The highest BCUT2D eigenvalue weighted by atomic mass is 79.9. The SMILES string of the molecule is COc1ccc(C(=O)NCC(=O)NN=Cc2ccc(OC(=O)c3ccccc3Br)cc2)cc1OC. The fourth-order valence-electron chi connectivity index (χ4n) is 2.87. The molecule has 0 aliphatic heterocycles. The summed E-state index contributed by atoms with van der Waals surface area (Å²) in [6.07, 6.45) is 1.42. The molecule has 0 saturated carbocycles. The largest absolute Gasteiger partial charge is 0.493 e. The lowest BCUT2D eigenvalue weighted by Crippen LogP contribution is -2.34.